The van der Waals surface area contributed by atoms with Crippen LogP contribution >= 0.6 is 23.2 Å². The standard InChI is InChI=1S/C21H22Cl2N2O3/c1-12(14-8-10-16(11-9-14)25-21(27)15-6-7-15)24-20(26)13(2)28-18-5-3-4-17(22)19(18)23/h3-5,8-13,15H,6-7H2,1-2H3,(H,24,26)(H,25,27). The molecule has 1 fully saturated rings. The topological polar surface area (TPSA) is 67.4 Å². The van der Waals surface area contributed by atoms with Gasteiger partial charge in [0.2, 0.25) is 5.91 Å². The lowest BCUT2D eigenvalue weighted by Crippen LogP contribution is -2.37. The van der Waals surface area contributed by atoms with Crippen LogP contribution in [0.15, 0.2) is 42.5 Å². The Hall–Kier alpha value is -2.24. The first-order valence-corrected chi connectivity index (χ1v) is 9.92. The summed E-state index contributed by atoms with van der Waals surface area (Å²) in [4.78, 5) is 24.3. The Kier molecular flexibility index (Phi) is 6.47. The largest absolute Gasteiger partial charge is 0.479 e. The first-order chi connectivity index (χ1) is 13.3. The zero-order valence-electron chi connectivity index (χ0n) is 15.7. The molecule has 0 saturated heterocycles. The van der Waals surface area contributed by atoms with Gasteiger partial charge in [0, 0.05) is 11.6 Å². The summed E-state index contributed by atoms with van der Waals surface area (Å²) in [6.45, 7) is 3.53. The minimum absolute atomic E-state index is 0.0692. The quantitative estimate of drug-likeness (QED) is 0.662. The zero-order chi connectivity index (χ0) is 20.3. The minimum Gasteiger partial charge on any atom is -0.479 e. The van der Waals surface area contributed by atoms with Crippen molar-refractivity contribution >= 4 is 40.7 Å². The van der Waals surface area contributed by atoms with Gasteiger partial charge in [-0.15, -0.1) is 0 Å². The summed E-state index contributed by atoms with van der Waals surface area (Å²) in [5.41, 5.74) is 1.68. The number of nitrogens with one attached hydrogen (secondary N) is 2. The smallest absolute Gasteiger partial charge is 0.261 e. The number of rotatable bonds is 7. The number of hydrogen-bond donors (Lipinski definition) is 2. The lowest BCUT2D eigenvalue weighted by atomic mass is 10.1. The molecule has 2 aromatic carbocycles. The van der Waals surface area contributed by atoms with Crippen LogP contribution in [-0.4, -0.2) is 17.9 Å². The fraction of sp³-hybridized carbons (Fsp3) is 0.333. The molecular formula is C21H22Cl2N2O3. The van der Waals surface area contributed by atoms with Crippen molar-refractivity contribution in [2.45, 2.75) is 38.8 Å². The third-order valence-electron chi connectivity index (χ3n) is 4.57. The normalized spacial score (nSPS) is 15.4. The molecule has 0 spiro atoms. The Morgan fingerprint density at radius 2 is 1.75 bits per heavy atom. The molecule has 0 heterocycles. The lowest BCUT2D eigenvalue weighted by molar-refractivity contribution is -0.128. The Morgan fingerprint density at radius 3 is 2.39 bits per heavy atom. The van der Waals surface area contributed by atoms with E-state index >= 15 is 0 Å². The highest BCUT2D eigenvalue weighted by Crippen LogP contribution is 2.32. The van der Waals surface area contributed by atoms with Gasteiger partial charge in [-0.3, -0.25) is 9.59 Å². The molecule has 2 aromatic rings. The van der Waals surface area contributed by atoms with Crippen LogP contribution in [0.2, 0.25) is 10.0 Å². The maximum absolute atomic E-state index is 12.5. The van der Waals surface area contributed by atoms with E-state index in [2.05, 4.69) is 10.6 Å². The van der Waals surface area contributed by atoms with Crippen molar-refractivity contribution in [3.05, 3.63) is 58.1 Å². The summed E-state index contributed by atoms with van der Waals surface area (Å²) >= 11 is 12.1. The van der Waals surface area contributed by atoms with Crippen molar-refractivity contribution in [2.24, 2.45) is 5.92 Å². The van der Waals surface area contributed by atoms with Gasteiger partial charge in [-0.1, -0.05) is 41.4 Å². The molecule has 1 saturated carbocycles. The molecule has 5 nitrogen and oxygen atoms in total. The Labute approximate surface area is 174 Å². The van der Waals surface area contributed by atoms with Crippen molar-refractivity contribution < 1.29 is 14.3 Å². The monoisotopic (exact) mass is 420 g/mol. The number of ether oxygens (including phenoxy) is 1. The van der Waals surface area contributed by atoms with Gasteiger partial charge < -0.3 is 15.4 Å². The highest BCUT2D eigenvalue weighted by molar-refractivity contribution is 6.42. The van der Waals surface area contributed by atoms with Gasteiger partial charge in [0.1, 0.15) is 10.8 Å². The minimum atomic E-state index is -0.740. The van der Waals surface area contributed by atoms with Crippen molar-refractivity contribution in [3.63, 3.8) is 0 Å². The van der Waals surface area contributed by atoms with E-state index < -0.39 is 6.10 Å². The maximum atomic E-state index is 12.5. The molecule has 0 radical (unpaired) electrons. The van der Waals surface area contributed by atoms with E-state index in [0.717, 1.165) is 24.1 Å². The number of carbonyl (C=O) groups is 2. The molecule has 1 aliphatic carbocycles. The molecule has 1 aliphatic rings. The fourth-order valence-corrected chi connectivity index (χ4v) is 3.01. The Balaban J connectivity index is 1.55. The fourth-order valence-electron chi connectivity index (χ4n) is 2.68. The van der Waals surface area contributed by atoms with Crippen LogP contribution in [0.3, 0.4) is 0 Å². The van der Waals surface area contributed by atoms with Crippen LogP contribution in [0.4, 0.5) is 5.69 Å². The number of benzene rings is 2. The zero-order valence-corrected chi connectivity index (χ0v) is 17.2. The number of hydrogen-bond acceptors (Lipinski definition) is 3. The van der Waals surface area contributed by atoms with Gasteiger partial charge in [-0.2, -0.15) is 0 Å². The molecule has 3 rings (SSSR count). The number of anilines is 1. The third kappa shape index (κ3) is 5.18. The van der Waals surface area contributed by atoms with Gasteiger partial charge in [-0.25, -0.2) is 0 Å². The second-order valence-electron chi connectivity index (χ2n) is 6.93. The first kappa shape index (κ1) is 20.5. The molecule has 7 heteroatoms. The molecule has 148 valence electrons. The Morgan fingerprint density at radius 1 is 1.07 bits per heavy atom. The Bertz CT molecular complexity index is 866. The van der Waals surface area contributed by atoms with Gasteiger partial charge in [0.15, 0.2) is 6.10 Å². The second-order valence-corrected chi connectivity index (χ2v) is 7.71. The predicted molar refractivity (Wildman–Crippen MR) is 111 cm³/mol. The molecule has 2 amide bonds. The summed E-state index contributed by atoms with van der Waals surface area (Å²) in [7, 11) is 0. The highest BCUT2D eigenvalue weighted by atomic mass is 35.5. The molecule has 2 atom stereocenters. The molecule has 0 aromatic heterocycles. The van der Waals surface area contributed by atoms with E-state index in [1.165, 1.54) is 0 Å². The van der Waals surface area contributed by atoms with Crippen LogP contribution in [0.5, 0.6) is 5.75 Å². The van der Waals surface area contributed by atoms with Gasteiger partial charge in [-0.05, 0) is 56.5 Å². The summed E-state index contributed by atoms with van der Waals surface area (Å²) in [6, 6.07) is 12.2. The molecule has 2 N–H and O–H groups in total. The molecule has 0 aliphatic heterocycles. The van der Waals surface area contributed by atoms with E-state index in [9.17, 15) is 9.59 Å². The lowest BCUT2D eigenvalue weighted by Gasteiger charge is -2.20. The van der Waals surface area contributed by atoms with Crippen molar-refractivity contribution in [1.29, 1.82) is 0 Å². The number of carbonyl (C=O) groups excluding carboxylic acids is 2. The second kappa shape index (κ2) is 8.84. The van der Waals surface area contributed by atoms with Gasteiger partial charge >= 0.3 is 0 Å². The summed E-state index contributed by atoms with van der Waals surface area (Å²) < 4.78 is 5.64. The molecule has 2 unspecified atom stereocenters. The SMILES string of the molecule is CC(Oc1cccc(Cl)c1Cl)C(=O)NC(C)c1ccc(NC(=O)C2CC2)cc1. The summed E-state index contributed by atoms with van der Waals surface area (Å²) in [5.74, 6) is 0.321. The van der Waals surface area contributed by atoms with E-state index in [1.807, 2.05) is 31.2 Å². The van der Waals surface area contributed by atoms with Crippen LogP contribution < -0.4 is 15.4 Å². The first-order valence-electron chi connectivity index (χ1n) is 9.17. The number of amides is 2. The van der Waals surface area contributed by atoms with E-state index in [1.54, 1.807) is 25.1 Å². The summed E-state index contributed by atoms with van der Waals surface area (Å²) in [6.07, 6.45) is 1.19. The van der Waals surface area contributed by atoms with Gasteiger partial charge in [0.05, 0.1) is 11.1 Å². The van der Waals surface area contributed by atoms with Crippen LogP contribution in [0.1, 0.15) is 38.3 Å². The van der Waals surface area contributed by atoms with Crippen LogP contribution in [-0.2, 0) is 9.59 Å². The van der Waals surface area contributed by atoms with E-state index in [-0.39, 0.29) is 28.8 Å². The number of halogens is 2. The maximum Gasteiger partial charge on any atom is 0.261 e. The van der Waals surface area contributed by atoms with Crippen molar-refractivity contribution in [2.75, 3.05) is 5.32 Å². The van der Waals surface area contributed by atoms with Crippen LogP contribution in [0, 0.1) is 5.92 Å². The third-order valence-corrected chi connectivity index (χ3v) is 5.38. The average molecular weight is 421 g/mol. The van der Waals surface area contributed by atoms with Crippen molar-refractivity contribution in [1.82, 2.24) is 5.32 Å². The van der Waals surface area contributed by atoms with E-state index in [0.29, 0.717) is 10.8 Å². The molecular weight excluding hydrogens is 399 g/mol. The average Bonchev–Trinajstić information content (AvgIpc) is 3.51. The summed E-state index contributed by atoms with van der Waals surface area (Å²) in [5, 5.41) is 6.46. The van der Waals surface area contributed by atoms with Crippen molar-refractivity contribution in [3.8, 4) is 5.75 Å². The van der Waals surface area contributed by atoms with Gasteiger partial charge in [0.25, 0.3) is 5.91 Å². The van der Waals surface area contributed by atoms with E-state index in [4.69, 9.17) is 27.9 Å². The highest BCUT2D eigenvalue weighted by Gasteiger charge is 2.29. The molecule has 0 bridgehead atoms. The van der Waals surface area contributed by atoms with Crippen LogP contribution in [0.25, 0.3) is 0 Å². The molecule has 28 heavy (non-hydrogen) atoms. The predicted octanol–water partition coefficient (Wildman–Crippen LogP) is 4.99.